The van der Waals surface area contributed by atoms with Crippen LogP contribution in [0.3, 0.4) is 0 Å². The van der Waals surface area contributed by atoms with Gasteiger partial charge >= 0.3 is 0 Å². The number of amides is 1. The Morgan fingerprint density at radius 3 is 2.20 bits per heavy atom. The molecule has 1 aliphatic rings. The van der Waals surface area contributed by atoms with E-state index in [9.17, 15) is 13.6 Å². The molecule has 1 amide bonds. The monoisotopic (exact) mass is 211 g/mol. The van der Waals surface area contributed by atoms with Gasteiger partial charge in [0.05, 0.1) is 13.1 Å². The maximum absolute atomic E-state index is 12.9. The van der Waals surface area contributed by atoms with Gasteiger partial charge in [-0.2, -0.15) is 0 Å². The molecule has 1 aromatic rings. The second-order valence-electron chi connectivity index (χ2n) is 3.61. The molecular weight excluding hydrogens is 200 g/mol. The van der Waals surface area contributed by atoms with E-state index in [2.05, 4.69) is 0 Å². The molecule has 2 atom stereocenters. The predicted molar refractivity (Wildman–Crippen MR) is 52.1 cm³/mol. The minimum absolute atomic E-state index is 0.144. The van der Waals surface area contributed by atoms with E-state index in [-0.39, 0.29) is 19.0 Å². The summed E-state index contributed by atoms with van der Waals surface area (Å²) < 4.78 is 25.7. The number of hydrogen-bond donors (Lipinski definition) is 0. The topological polar surface area (TPSA) is 20.3 Å². The third-order valence-corrected chi connectivity index (χ3v) is 2.49. The molecule has 1 aliphatic heterocycles. The molecule has 2 rings (SSSR count). The Bertz CT molecular complexity index is 345. The number of halogens is 2. The molecule has 0 spiro atoms. The fraction of sp³-hybridized carbons (Fsp3) is 0.364. The number of benzene rings is 1. The number of alkyl halides is 2. The summed E-state index contributed by atoms with van der Waals surface area (Å²) in [6.07, 6.45) is -3.09. The largest absolute Gasteiger partial charge is 0.333 e. The Labute approximate surface area is 86.5 Å². The van der Waals surface area contributed by atoms with Gasteiger partial charge in [-0.25, -0.2) is 8.78 Å². The van der Waals surface area contributed by atoms with Crippen molar-refractivity contribution in [3.8, 4) is 0 Å². The summed E-state index contributed by atoms with van der Waals surface area (Å²) in [7, 11) is 0. The van der Waals surface area contributed by atoms with Crippen LogP contribution in [-0.2, 0) is 0 Å². The molecule has 0 aliphatic carbocycles. The van der Waals surface area contributed by atoms with Crippen LogP contribution in [0.2, 0.25) is 0 Å². The van der Waals surface area contributed by atoms with Crippen molar-refractivity contribution >= 4 is 5.91 Å². The normalized spacial score (nSPS) is 25.6. The Kier molecular flexibility index (Phi) is 2.66. The molecule has 0 unspecified atom stereocenters. The van der Waals surface area contributed by atoms with Crippen molar-refractivity contribution in [2.45, 2.75) is 12.3 Å². The number of nitrogens with zero attached hydrogens (tertiary/aromatic N) is 1. The minimum atomic E-state index is -1.54. The standard InChI is InChI=1S/C11H11F2NO/c12-9-6-14(7-10(9)13)11(15)8-4-2-1-3-5-8/h1-5,9-10H,6-7H2/t9-,10+. The maximum atomic E-state index is 12.9. The van der Waals surface area contributed by atoms with E-state index in [1.165, 1.54) is 4.90 Å². The summed E-state index contributed by atoms with van der Waals surface area (Å²) in [5, 5.41) is 0. The van der Waals surface area contributed by atoms with Gasteiger partial charge in [0.15, 0.2) is 12.3 Å². The van der Waals surface area contributed by atoms with Crippen molar-refractivity contribution in [1.82, 2.24) is 4.90 Å². The van der Waals surface area contributed by atoms with Crippen LogP contribution < -0.4 is 0 Å². The molecule has 1 fully saturated rings. The molecule has 15 heavy (non-hydrogen) atoms. The summed E-state index contributed by atoms with van der Waals surface area (Å²) in [5.74, 6) is -0.307. The highest BCUT2D eigenvalue weighted by Crippen LogP contribution is 2.18. The van der Waals surface area contributed by atoms with E-state index in [0.29, 0.717) is 5.56 Å². The third kappa shape index (κ3) is 1.98. The van der Waals surface area contributed by atoms with Gasteiger partial charge in [-0.1, -0.05) is 18.2 Å². The SMILES string of the molecule is O=C(c1ccccc1)N1C[C@@H](F)[C@@H](F)C1. The Balaban J connectivity index is 2.10. The number of likely N-dealkylation sites (tertiary alicyclic amines) is 1. The third-order valence-electron chi connectivity index (χ3n) is 2.49. The molecular formula is C11H11F2NO. The van der Waals surface area contributed by atoms with Crippen molar-refractivity contribution in [3.63, 3.8) is 0 Å². The highest BCUT2D eigenvalue weighted by atomic mass is 19.2. The second-order valence-corrected chi connectivity index (χ2v) is 3.61. The first-order valence-electron chi connectivity index (χ1n) is 4.81. The summed E-state index contributed by atoms with van der Waals surface area (Å²) in [5.41, 5.74) is 0.471. The summed E-state index contributed by atoms with van der Waals surface area (Å²) in [4.78, 5) is 12.9. The van der Waals surface area contributed by atoms with Crippen LogP contribution in [0.25, 0.3) is 0 Å². The molecule has 2 nitrogen and oxygen atoms in total. The van der Waals surface area contributed by atoms with Crippen LogP contribution in [0.15, 0.2) is 30.3 Å². The molecule has 0 N–H and O–H groups in total. The molecule has 1 heterocycles. The smallest absolute Gasteiger partial charge is 0.254 e. The fourth-order valence-corrected chi connectivity index (χ4v) is 1.65. The Hall–Kier alpha value is -1.45. The maximum Gasteiger partial charge on any atom is 0.254 e. The average molecular weight is 211 g/mol. The highest BCUT2D eigenvalue weighted by Gasteiger charge is 2.35. The van der Waals surface area contributed by atoms with Crippen molar-refractivity contribution in [1.29, 1.82) is 0 Å². The number of rotatable bonds is 1. The molecule has 4 heteroatoms. The van der Waals surface area contributed by atoms with Gasteiger partial charge in [-0.3, -0.25) is 4.79 Å². The molecule has 0 bridgehead atoms. The number of hydrogen-bond acceptors (Lipinski definition) is 1. The average Bonchev–Trinajstić information content (AvgIpc) is 2.59. The number of carbonyl (C=O) groups excluding carboxylic acids is 1. The van der Waals surface area contributed by atoms with Gasteiger partial charge in [0.1, 0.15) is 0 Å². The van der Waals surface area contributed by atoms with E-state index >= 15 is 0 Å². The van der Waals surface area contributed by atoms with E-state index in [1.54, 1.807) is 30.3 Å². The van der Waals surface area contributed by atoms with E-state index < -0.39 is 12.3 Å². The quantitative estimate of drug-likeness (QED) is 0.693. The fourth-order valence-electron chi connectivity index (χ4n) is 1.65. The van der Waals surface area contributed by atoms with Crippen molar-refractivity contribution in [2.24, 2.45) is 0 Å². The van der Waals surface area contributed by atoms with Gasteiger partial charge < -0.3 is 4.90 Å². The predicted octanol–water partition coefficient (Wildman–Crippen LogP) is 1.82. The van der Waals surface area contributed by atoms with Crippen LogP contribution in [0.5, 0.6) is 0 Å². The summed E-state index contributed by atoms with van der Waals surface area (Å²) in [6, 6.07) is 8.52. The van der Waals surface area contributed by atoms with Crippen molar-refractivity contribution in [2.75, 3.05) is 13.1 Å². The Morgan fingerprint density at radius 1 is 1.13 bits per heavy atom. The zero-order chi connectivity index (χ0) is 10.8. The van der Waals surface area contributed by atoms with Crippen molar-refractivity contribution < 1.29 is 13.6 Å². The van der Waals surface area contributed by atoms with E-state index in [4.69, 9.17) is 0 Å². The molecule has 80 valence electrons. The zero-order valence-corrected chi connectivity index (χ0v) is 8.07. The lowest BCUT2D eigenvalue weighted by molar-refractivity contribution is 0.0779. The van der Waals surface area contributed by atoms with E-state index in [0.717, 1.165) is 0 Å². The first-order chi connectivity index (χ1) is 7.18. The zero-order valence-electron chi connectivity index (χ0n) is 8.07. The second kappa shape index (κ2) is 3.96. The first-order valence-corrected chi connectivity index (χ1v) is 4.81. The van der Waals surface area contributed by atoms with Crippen LogP contribution in [0, 0.1) is 0 Å². The minimum Gasteiger partial charge on any atom is -0.333 e. The van der Waals surface area contributed by atoms with Crippen molar-refractivity contribution in [3.05, 3.63) is 35.9 Å². The van der Waals surface area contributed by atoms with Gasteiger partial charge in [0.2, 0.25) is 0 Å². The van der Waals surface area contributed by atoms with Crippen LogP contribution >= 0.6 is 0 Å². The lowest BCUT2D eigenvalue weighted by atomic mass is 10.2. The Morgan fingerprint density at radius 2 is 1.67 bits per heavy atom. The summed E-state index contributed by atoms with van der Waals surface area (Å²) >= 11 is 0. The van der Waals surface area contributed by atoms with Crippen LogP contribution in [-0.4, -0.2) is 36.2 Å². The lowest BCUT2D eigenvalue weighted by Crippen LogP contribution is -2.29. The van der Waals surface area contributed by atoms with Crippen LogP contribution in [0.1, 0.15) is 10.4 Å². The first kappa shape index (κ1) is 10.1. The molecule has 0 saturated carbocycles. The molecule has 1 aromatic carbocycles. The lowest BCUT2D eigenvalue weighted by Gasteiger charge is -2.14. The highest BCUT2D eigenvalue weighted by molar-refractivity contribution is 5.94. The van der Waals surface area contributed by atoms with Gasteiger partial charge in [-0.05, 0) is 12.1 Å². The number of carbonyl (C=O) groups is 1. The van der Waals surface area contributed by atoms with Gasteiger partial charge in [0.25, 0.3) is 5.91 Å². The summed E-state index contributed by atoms with van der Waals surface area (Å²) in [6.45, 7) is -0.288. The van der Waals surface area contributed by atoms with E-state index in [1.807, 2.05) is 0 Å². The molecule has 1 saturated heterocycles. The van der Waals surface area contributed by atoms with Gasteiger partial charge in [0, 0.05) is 5.56 Å². The molecule has 0 aromatic heterocycles. The van der Waals surface area contributed by atoms with Crippen LogP contribution in [0.4, 0.5) is 8.78 Å². The van der Waals surface area contributed by atoms with Gasteiger partial charge in [-0.15, -0.1) is 0 Å². The molecule has 0 radical (unpaired) electrons.